The van der Waals surface area contributed by atoms with Gasteiger partial charge in [-0.05, 0) is 88.5 Å². The molecule has 5 heterocycles. The number of nitrogens with one attached hydrogen (secondary N) is 1. The van der Waals surface area contributed by atoms with E-state index in [1.165, 1.54) is 11.3 Å². The molecule has 3 aromatic carbocycles. The molecule has 8 rings (SSSR count). The minimum absolute atomic E-state index is 0.0239. The molecule has 1 amide bonds. The minimum atomic E-state index is -1.44. The monoisotopic (exact) mass is 741 g/mol. The van der Waals surface area contributed by atoms with Gasteiger partial charge in [-0.3, -0.25) is 4.79 Å². The first-order valence-electron chi connectivity index (χ1n) is 17.2. The first-order chi connectivity index (χ1) is 23.3. The lowest BCUT2D eigenvalue weighted by atomic mass is 9.73. The smallest absolute Gasteiger partial charge is 0.341 e. The molecule has 5 aliphatic rings. The lowest BCUT2D eigenvalue weighted by Gasteiger charge is -2.44. The van der Waals surface area contributed by atoms with Gasteiger partial charge in [0.15, 0.2) is 5.60 Å². The molecular formula is C38H39Cl4N3O4. The summed E-state index contributed by atoms with van der Waals surface area (Å²) in [6, 6.07) is 6.35. The van der Waals surface area contributed by atoms with Crippen LogP contribution in [0.3, 0.4) is 0 Å². The summed E-state index contributed by atoms with van der Waals surface area (Å²) < 4.78 is 13.6. The van der Waals surface area contributed by atoms with E-state index in [2.05, 4.69) is 40.2 Å². The van der Waals surface area contributed by atoms with Gasteiger partial charge in [-0.15, -0.1) is 0 Å². The van der Waals surface area contributed by atoms with Crippen LogP contribution in [0.4, 0.5) is 11.4 Å². The van der Waals surface area contributed by atoms with E-state index < -0.39 is 11.6 Å². The highest BCUT2D eigenvalue weighted by Crippen LogP contribution is 2.63. The van der Waals surface area contributed by atoms with E-state index in [4.69, 9.17) is 55.9 Å². The molecule has 258 valence electrons. The number of esters is 1. The number of amides is 1. The number of benzene rings is 3. The van der Waals surface area contributed by atoms with Crippen LogP contribution in [-0.4, -0.2) is 43.6 Å². The van der Waals surface area contributed by atoms with Gasteiger partial charge >= 0.3 is 5.97 Å². The third-order valence-electron chi connectivity index (χ3n) is 10.5. The summed E-state index contributed by atoms with van der Waals surface area (Å²) >= 11 is 27.2. The molecule has 0 saturated heterocycles. The molecule has 2 unspecified atom stereocenters. The molecule has 0 saturated carbocycles. The summed E-state index contributed by atoms with van der Waals surface area (Å²) in [5.74, 6) is 1.21. The highest BCUT2D eigenvalue weighted by atomic mass is 35.5. The van der Waals surface area contributed by atoms with E-state index in [-0.39, 0.29) is 37.1 Å². The van der Waals surface area contributed by atoms with Gasteiger partial charge in [-0.1, -0.05) is 53.3 Å². The Bertz CT molecular complexity index is 1960. The highest BCUT2D eigenvalue weighted by Gasteiger charge is 2.58. The zero-order valence-corrected chi connectivity index (χ0v) is 31.2. The van der Waals surface area contributed by atoms with Crippen molar-refractivity contribution in [3.05, 3.63) is 77.2 Å². The summed E-state index contributed by atoms with van der Waals surface area (Å²) in [5.41, 5.74) is 6.01. The molecule has 5 aliphatic heterocycles. The van der Waals surface area contributed by atoms with E-state index >= 15 is 0 Å². The summed E-state index contributed by atoms with van der Waals surface area (Å²) in [5, 5.41) is 3.34. The predicted molar refractivity (Wildman–Crippen MR) is 196 cm³/mol. The number of carbonyl (C=O) groups excluding carboxylic acids is 2. The molecule has 1 spiro atoms. The Morgan fingerprint density at radius 3 is 2.49 bits per heavy atom. The third-order valence-corrected chi connectivity index (χ3v) is 12.3. The Kier molecular flexibility index (Phi) is 8.07. The predicted octanol–water partition coefficient (Wildman–Crippen LogP) is 9.26. The van der Waals surface area contributed by atoms with Gasteiger partial charge in [-0.25, -0.2) is 4.79 Å². The fourth-order valence-corrected chi connectivity index (χ4v) is 9.77. The maximum atomic E-state index is 14.0. The second-order valence-corrected chi connectivity index (χ2v) is 16.8. The number of aryl methyl sites for hydroxylation is 1. The average molecular weight is 744 g/mol. The van der Waals surface area contributed by atoms with Crippen LogP contribution in [0, 0.1) is 5.92 Å². The van der Waals surface area contributed by atoms with Crippen molar-refractivity contribution < 1.29 is 19.1 Å². The largest absolute Gasteiger partial charge is 0.456 e. The average Bonchev–Trinajstić information content (AvgIpc) is 3.35. The number of fused-ring (bicyclic) bond motifs is 8. The lowest BCUT2D eigenvalue weighted by Crippen LogP contribution is -2.41. The summed E-state index contributed by atoms with van der Waals surface area (Å²) in [6.07, 6.45) is 5.68. The molecule has 7 nitrogen and oxygen atoms in total. The van der Waals surface area contributed by atoms with Crippen LogP contribution in [0.1, 0.15) is 97.1 Å². The van der Waals surface area contributed by atoms with E-state index in [0.29, 0.717) is 35.0 Å². The molecular weight excluding hydrogens is 704 g/mol. The molecule has 0 aliphatic carbocycles. The lowest BCUT2D eigenvalue weighted by molar-refractivity contribution is -0.122. The summed E-state index contributed by atoms with van der Waals surface area (Å²) in [4.78, 5) is 31.4. The number of carbonyl (C=O) groups is 2. The Morgan fingerprint density at radius 2 is 1.71 bits per heavy atom. The number of halogens is 4. The van der Waals surface area contributed by atoms with Gasteiger partial charge in [0, 0.05) is 77.8 Å². The maximum Gasteiger partial charge on any atom is 0.341 e. The molecule has 0 bridgehead atoms. The quantitative estimate of drug-likeness (QED) is 0.163. The second kappa shape index (κ2) is 11.9. The van der Waals surface area contributed by atoms with Gasteiger partial charge in [0.25, 0.3) is 0 Å². The van der Waals surface area contributed by atoms with Crippen molar-refractivity contribution >= 4 is 69.7 Å². The minimum Gasteiger partial charge on any atom is -0.456 e. The van der Waals surface area contributed by atoms with Gasteiger partial charge in [0.1, 0.15) is 11.5 Å². The van der Waals surface area contributed by atoms with Crippen molar-refractivity contribution in [2.75, 3.05) is 36.0 Å². The Labute approximate surface area is 307 Å². The highest BCUT2D eigenvalue weighted by molar-refractivity contribution is 6.53. The van der Waals surface area contributed by atoms with Crippen molar-refractivity contribution in [2.24, 2.45) is 5.92 Å². The number of rotatable bonds is 4. The van der Waals surface area contributed by atoms with Crippen LogP contribution in [0.25, 0.3) is 0 Å². The molecule has 11 heteroatoms. The first kappa shape index (κ1) is 33.3. The summed E-state index contributed by atoms with van der Waals surface area (Å²) in [7, 11) is 0. The van der Waals surface area contributed by atoms with Crippen molar-refractivity contribution in [1.29, 1.82) is 0 Å². The van der Waals surface area contributed by atoms with Gasteiger partial charge < -0.3 is 24.6 Å². The van der Waals surface area contributed by atoms with Crippen molar-refractivity contribution in [2.45, 2.75) is 83.8 Å². The van der Waals surface area contributed by atoms with Crippen molar-refractivity contribution in [3.8, 4) is 11.5 Å². The topological polar surface area (TPSA) is 71.1 Å². The molecule has 49 heavy (non-hydrogen) atoms. The van der Waals surface area contributed by atoms with Crippen LogP contribution >= 0.6 is 46.4 Å². The maximum absolute atomic E-state index is 14.0. The van der Waals surface area contributed by atoms with Crippen molar-refractivity contribution in [3.63, 3.8) is 0 Å². The van der Waals surface area contributed by atoms with E-state index in [1.54, 1.807) is 0 Å². The molecule has 0 fully saturated rings. The van der Waals surface area contributed by atoms with Gasteiger partial charge in [0.05, 0.1) is 25.7 Å². The number of anilines is 2. The molecule has 0 aromatic heterocycles. The number of ether oxygens (including phenoxy) is 2. The standard InChI is InChI=1S/C38H39Cl4N3O4/c1-19-14-21-16-24-35(22-9-6-13-45(18-19)34(21)22)48-26-17-25-20(8-5-11-44(25)12-7-10-27(46)43-37(2,3)4)15-23(26)38(24)29-28(36(47)49-38)30(39)32(41)33(42)31(29)40/h15-17,19H,5-14,18H2,1-4H3,(H,43,46). The van der Waals surface area contributed by atoms with Crippen LogP contribution < -0.4 is 19.9 Å². The zero-order chi connectivity index (χ0) is 34.6. The fourth-order valence-electron chi connectivity index (χ4n) is 8.71. The molecule has 0 radical (unpaired) electrons. The number of nitrogens with zero attached hydrogens (tertiary/aromatic N) is 2. The summed E-state index contributed by atoms with van der Waals surface area (Å²) in [6.45, 7) is 11.8. The Hall–Kier alpha value is -2.84. The molecule has 1 N–H and O–H groups in total. The van der Waals surface area contributed by atoms with E-state index in [9.17, 15) is 9.59 Å². The van der Waals surface area contributed by atoms with Gasteiger partial charge in [0.2, 0.25) is 5.91 Å². The van der Waals surface area contributed by atoms with Crippen LogP contribution in [-0.2, 0) is 34.4 Å². The van der Waals surface area contributed by atoms with E-state index in [1.807, 2.05) is 20.8 Å². The first-order valence-corrected chi connectivity index (χ1v) is 18.7. The van der Waals surface area contributed by atoms with Crippen LogP contribution in [0.2, 0.25) is 20.1 Å². The second-order valence-electron chi connectivity index (χ2n) is 15.2. The fraction of sp³-hybridized carbons (Fsp3) is 0.474. The SMILES string of the molecule is CC1Cc2cc3c(c4c2N(CCC4)C1)Oc1cc2c(cc1C31OC(=O)c3c(Cl)c(Cl)c(Cl)c(Cl)c31)CCCN2CCCC(=O)NC(C)(C)C. The molecule has 3 aromatic rings. The van der Waals surface area contributed by atoms with Crippen LogP contribution in [0.15, 0.2) is 18.2 Å². The normalized spacial score (nSPS) is 21.7. The van der Waals surface area contributed by atoms with Crippen molar-refractivity contribution in [1.82, 2.24) is 5.32 Å². The zero-order valence-electron chi connectivity index (χ0n) is 28.1. The molecule has 2 atom stereocenters. The Balaban J connectivity index is 1.31. The Morgan fingerprint density at radius 1 is 0.980 bits per heavy atom. The number of hydrogen-bond donors (Lipinski definition) is 1. The van der Waals surface area contributed by atoms with Crippen LogP contribution in [0.5, 0.6) is 11.5 Å². The van der Waals surface area contributed by atoms with E-state index in [0.717, 1.165) is 87.1 Å². The third kappa shape index (κ3) is 5.20. The van der Waals surface area contributed by atoms with Gasteiger partial charge in [-0.2, -0.15) is 0 Å². The number of hydrogen-bond acceptors (Lipinski definition) is 6.